The van der Waals surface area contributed by atoms with Crippen molar-refractivity contribution >= 4 is 0 Å². The van der Waals surface area contributed by atoms with Gasteiger partial charge in [0, 0.05) is 0 Å². The highest BCUT2D eigenvalue weighted by Gasteiger charge is 2.13. The first-order valence-electron chi connectivity index (χ1n) is 6.14. The van der Waals surface area contributed by atoms with Crippen LogP contribution in [0.15, 0.2) is 12.2 Å². The van der Waals surface area contributed by atoms with Crippen LogP contribution < -0.4 is 0 Å². The molecule has 0 heteroatoms. The average Bonchev–Trinajstić information content (AvgIpc) is 2.13. The van der Waals surface area contributed by atoms with E-state index in [4.69, 9.17) is 0 Å². The topological polar surface area (TPSA) is 0 Å². The molecule has 0 saturated heterocycles. The fraction of sp³-hybridized carbons (Fsp3) is 0.857. The maximum atomic E-state index is 3.56. The van der Waals surface area contributed by atoms with Gasteiger partial charge in [-0.3, -0.25) is 0 Å². The van der Waals surface area contributed by atoms with E-state index in [9.17, 15) is 0 Å². The standard InChI is InChI=1S/C8H16.C4H8.C2H6/c1-7-3-5-8(2)6-4-7;1-4(2)3;1-2/h7-8H,3-6H2,1-2H3;1H2,2-3H3;1-2H3. The summed E-state index contributed by atoms with van der Waals surface area (Å²) in [6, 6.07) is 0. The van der Waals surface area contributed by atoms with Crippen molar-refractivity contribution in [2.24, 2.45) is 11.8 Å². The van der Waals surface area contributed by atoms with Gasteiger partial charge in [-0.25, -0.2) is 0 Å². The molecule has 0 aliphatic heterocycles. The summed E-state index contributed by atoms with van der Waals surface area (Å²) in [5, 5.41) is 0. The molecule has 0 unspecified atom stereocenters. The Morgan fingerprint density at radius 1 is 0.857 bits per heavy atom. The molecule has 0 radical (unpaired) electrons. The SMILES string of the molecule is C=C(C)C.CC.CC1CCC(C)CC1. The third kappa shape index (κ3) is 14.3. The third-order valence-corrected chi connectivity index (χ3v) is 2.30. The first-order chi connectivity index (χ1) is 6.52. The lowest BCUT2D eigenvalue weighted by Crippen LogP contribution is -2.08. The lowest BCUT2D eigenvalue weighted by atomic mass is 9.84. The zero-order valence-corrected chi connectivity index (χ0v) is 11.2. The summed E-state index contributed by atoms with van der Waals surface area (Å²) in [5.74, 6) is 2.04. The van der Waals surface area contributed by atoms with Crippen LogP contribution in [0.5, 0.6) is 0 Å². The van der Waals surface area contributed by atoms with E-state index in [0.29, 0.717) is 0 Å². The molecule has 0 nitrogen and oxygen atoms in total. The third-order valence-electron chi connectivity index (χ3n) is 2.30. The van der Waals surface area contributed by atoms with Crippen molar-refractivity contribution < 1.29 is 0 Å². The van der Waals surface area contributed by atoms with E-state index < -0.39 is 0 Å². The van der Waals surface area contributed by atoms with Gasteiger partial charge in [0.1, 0.15) is 0 Å². The van der Waals surface area contributed by atoms with Crippen molar-refractivity contribution in [1.29, 1.82) is 0 Å². The van der Waals surface area contributed by atoms with Gasteiger partial charge in [0.2, 0.25) is 0 Å². The monoisotopic (exact) mass is 198 g/mol. The van der Waals surface area contributed by atoms with Gasteiger partial charge in [-0.1, -0.05) is 59.0 Å². The molecule has 86 valence electrons. The van der Waals surface area contributed by atoms with Crippen LogP contribution in [0, 0.1) is 11.8 Å². The van der Waals surface area contributed by atoms with Crippen LogP contribution in [0.2, 0.25) is 0 Å². The van der Waals surface area contributed by atoms with Crippen LogP contribution in [0.4, 0.5) is 0 Å². The van der Waals surface area contributed by atoms with Crippen LogP contribution in [0.3, 0.4) is 0 Å². The van der Waals surface area contributed by atoms with Gasteiger partial charge in [0.05, 0.1) is 0 Å². The van der Waals surface area contributed by atoms with Crippen molar-refractivity contribution in [1.82, 2.24) is 0 Å². The van der Waals surface area contributed by atoms with Gasteiger partial charge in [0.25, 0.3) is 0 Å². The number of rotatable bonds is 0. The first-order valence-corrected chi connectivity index (χ1v) is 6.14. The molecule has 1 aliphatic carbocycles. The zero-order chi connectivity index (χ0) is 11.6. The quantitative estimate of drug-likeness (QED) is 0.455. The Labute approximate surface area is 91.8 Å². The van der Waals surface area contributed by atoms with E-state index in [1.807, 2.05) is 27.7 Å². The molecule has 0 aromatic carbocycles. The van der Waals surface area contributed by atoms with Crippen LogP contribution in [0.1, 0.15) is 67.2 Å². The second-order valence-electron chi connectivity index (χ2n) is 4.57. The summed E-state index contributed by atoms with van der Waals surface area (Å²) >= 11 is 0. The number of hydrogen-bond acceptors (Lipinski definition) is 0. The number of hydrogen-bond donors (Lipinski definition) is 0. The zero-order valence-electron chi connectivity index (χ0n) is 11.2. The molecule has 1 rings (SSSR count). The maximum Gasteiger partial charge on any atom is -0.0443 e. The molecule has 0 aromatic heterocycles. The Kier molecular flexibility index (Phi) is 12.5. The summed E-state index contributed by atoms with van der Waals surface area (Å²) in [7, 11) is 0. The van der Waals surface area contributed by atoms with Gasteiger partial charge in [-0.2, -0.15) is 0 Å². The minimum Gasteiger partial charge on any atom is -0.100 e. The van der Waals surface area contributed by atoms with Crippen LogP contribution in [0.25, 0.3) is 0 Å². The second kappa shape index (κ2) is 10.8. The molecular formula is C14H30. The Balaban J connectivity index is 0. The Morgan fingerprint density at radius 2 is 1.00 bits per heavy atom. The molecular weight excluding hydrogens is 168 g/mol. The molecule has 1 aliphatic rings. The molecule has 0 amide bonds. The first kappa shape index (κ1) is 16.2. The van der Waals surface area contributed by atoms with Crippen LogP contribution >= 0.6 is 0 Å². The molecule has 0 bridgehead atoms. The van der Waals surface area contributed by atoms with E-state index >= 15 is 0 Å². The predicted molar refractivity (Wildman–Crippen MR) is 68.6 cm³/mol. The number of allylic oxidation sites excluding steroid dienone is 1. The Morgan fingerprint density at radius 3 is 1.14 bits per heavy atom. The van der Waals surface area contributed by atoms with Crippen molar-refractivity contribution in [3.63, 3.8) is 0 Å². The fourth-order valence-electron chi connectivity index (χ4n) is 1.43. The lowest BCUT2D eigenvalue weighted by Gasteiger charge is -2.22. The highest BCUT2D eigenvalue weighted by Crippen LogP contribution is 2.27. The summed E-state index contributed by atoms with van der Waals surface area (Å²) in [5.41, 5.74) is 1.17. The molecule has 0 atom stereocenters. The second-order valence-corrected chi connectivity index (χ2v) is 4.57. The molecule has 0 heterocycles. The van der Waals surface area contributed by atoms with E-state index in [1.54, 1.807) is 0 Å². The molecule has 14 heavy (non-hydrogen) atoms. The molecule has 0 aromatic rings. The summed E-state index contributed by atoms with van der Waals surface area (Å²) in [4.78, 5) is 0. The van der Waals surface area contributed by atoms with E-state index in [-0.39, 0.29) is 0 Å². The van der Waals surface area contributed by atoms with E-state index in [1.165, 1.54) is 31.3 Å². The Hall–Kier alpha value is -0.260. The Bertz CT molecular complexity index is 102. The lowest BCUT2D eigenvalue weighted by molar-refractivity contribution is 0.308. The minimum atomic E-state index is 1.02. The smallest absolute Gasteiger partial charge is 0.0443 e. The van der Waals surface area contributed by atoms with Crippen molar-refractivity contribution in [3.8, 4) is 0 Å². The highest BCUT2D eigenvalue weighted by atomic mass is 14.2. The molecule has 1 saturated carbocycles. The predicted octanol–water partition coefficient (Wildman–Crippen LogP) is 5.44. The van der Waals surface area contributed by atoms with Crippen LogP contribution in [-0.2, 0) is 0 Å². The summed E-state index contributed by atoms with van der Waals surface area (Å²) < 4.78 is 0. The fourth-order valence-corrected chi connectivity index (χ4v) is 1.43. The summed E-state index contributed by atoms with van der Waals surface area (Å²) in [6.07, 6.45) is 5.89. The largest absolute Gasteiger partial charge is 0.100 e. The maximum absolute atomic E-state index is 3.56. The molecule has 0 N–H and O–H groups in total. The van der Waals surface area contributed by atoms with Gasteiger partial charge in [-0.15, -0.1) is 6.58 Å². The van der Waals surface area contributed by atoms with Gasteiger partial charge >= 0.3 is 0 Å². The highest BCUT2D eigenvalue weighted by molar-refractivity contribution is 4.78. The van der Waals surface area contributed by atoms with Gasteiger partial charge in [-0.05, 0) is 25.7 Å². The van der Waals surface area contributed by atoms with Crippen molar-refractivity contribution in [2.75, 3.05) is 0 Å². The van der Waals surface area contributed by atoms with Crippen molar-refractivity contribution in [2.45, 2.75) is 67.2 Å². The minimum absolute atomic E-state index is 1.02. The summed E-state index contributed by atoms with van der Waals surface area (Å²) in [6.45, 7) is 16.2. The van der Waals surface area contributed by atoms with E-state index in [0.717, 1.165) is 11.8 Å². The van der Waals surface area contributed by atoms with Crippen LogP contribution in [-0.4, -0.2) is 0 Å². The van der Waals surface area contributed by atoms with Gasteiger partial charge < -0.3 is 0 Å². The van der Waals surface area contributed by atoms with Gasteiger partial charge in [0.15, 0.2) is 0 Å². The molecule has 1 fully saturated rings. The average molecular weight is 198 g/mol. The van der Waals surface area contributed by atoms with Crippen molar-refractivity contribution in [3.05, 3.63) is 12.2 Å². The normalized spacial score (nSPS) is 25.0. The molecule has 0 spiro atoms. The van der Waals surface area contributed by atoms with E-state index in [2.05, 4.69) is 20.4 Å².